The van der Waals surface area contributed by atoms with Crippen LogP contribution in [0, 0.1) is 5.92 Å². The largest absolute Gasteiger partial charge is 0.478 e. The second-order valence-electron chi connectivity index (χ2n) is 9.84. The molecule has 0 aromatic heterocycles. The molecule has 3 aromatic rings. The van der Waals surface area contributed by atoms with Gasteiger partial charge >= 0.3 is 5.97 Å². The summed E-state index contributed by atoms with van der Waals surface area (Å²) in [5.74, 6) is -0.490. The standard InChI is InChI=1S/C29H35NO3.ClH/c1-20(2)16-25-17-24(14-15-26(25)28(32)33)22-12-10-21(11-13-22)18-29(3,4)30-19-27(31)23-8-6-5-7-9-23;/h5-15,17,20,27,30-31H,16,18-19H2,1-4H3,(H,32,33);1H/t27-;/m1./s1. The molecule has 1 atom stereocenters. The van der Waals surface area contributed by atoms with Gasteiger partial charge in [0.2, 0.25) is 0 Å². The van der Waals surface area contributed by atoms with Crippen LogP contribution in [0.15, 0.2) is 72.8 Å². The number of benzene rings is 3. The van der Waals surface area contributed by atoms with Gasteiger partial charge in [0.05, 0.1) is 11.7 Å². The van der Waals surface area contributed by atoms with Crippen LogP contribution in [0.5, 0.6) is 0 Å². The summed E-state index contributed by atoms with van der Waals surface area (Å²) in [6.45, 7) is 8.97. The van der Waals surface area contributed by atoms with Crippen molar-refractivity contribution in [2.24, 2.45) is 5.92 Å². The first-order valence-electron chi connectivity index (χ1n) is 11.6. The van der Waals surface area contributed by atoms with Gasteiger partial charge in [-0.15, -0.1) is 12.4 Å². The molecule has 0 spiro atoms. The Bertz CT molecular complexity index is 1060. The molecule has 0 saturated heterocycles. The number of hydrogen-bond donors (Lipinski definition) is 3. The van der Waals surface area contributed by atoms with Crippen molar-refractivity contribution >= 4 is 18.4 Å². The predicted octanol–water partition coefficient (Wildman–Crippen LogP) is 6.32. The summed E-state index contributed by atoms with van der Waals surface area (Å²) in [7, 11) is 0. The van der Waals surface area contributed by atoms with E-state index >= 15 is 0 Å². The van der Waals surface area contributed by atoms with E-state index in [1.54, 1.807) is 6.07 Å². The van der Waals surface area contributed by atoms with Crippen LogP contribution in [0.2, 0.25) is 0 Å². The van der Waals surface area contributed by atoms with Crippen LogP contribution in [0.1, 0.15) is 60.8 Å². The number of carboxylic acids is 1. The fraction of sp³-hybridized carbons (Fsp3) is 0.345. The van der Waals surface area contributed by atoms with Crippen molar-refractivity contribution in [2.75, 3.05) is 6.54 Å². The minimum atomic E-state index is -0.875. The lowest BCUT2D eigenvalue weighted by Gasteiger charge is -2.28. The van der Waals surface area contributed by atoms with E-state index in [4.69, 9.17) is 0 Å². The van der Waals surface area contributed by atoms with Crippen molar-refractivity contribution in [3.8, 4) is 11.1 Å². The first-order chi connectivity index (χ1) is 15.6. The minimum absolute atomic E-state index is 0. The summed E-state index contributed by atoms with van der Waals surface area (Å²) < 4.78 is 0. The summed E-state index contributed by atoms with van der Waals surface area (Å²) in [5, 5.41) is 23.4. The normalized spacial score (nSPS) is 12.3. The molecule has 3 N–H and O–H groups in total. The number of rotatable bonds is 10. The van der Waals surface area contributed by atoms with E-state index in [2.05, 4.69) is 57.3 Å². The summed E-state index contributed by atoms with van der Waals surface area (Å²) >= 11 is 0. The van der Waals surface area contributed by atoms with Gasteiger partial charge in [-0.05, 0) is 66.5 Å². The maximum absolute atomic E-state index is 11.6. The molecule has 0 unspecified atom stereocenters. The second kappa shape index (κ2) is 12.2. The molecule has 0 aliphatic carbocycles. The van der Waals surface area contributed by atoms with Crippen LogP contribution in [0.3, 0.4) is 0 Å². The molecule has 0 heterocycles. The molecule has 0 radical (unpaired) electrons. The Kier molecular flexibility index (Phi) is 9.87. The molecule has 3 rings (SSSR count). The lowest BCUT2D eigenvalue weighted by Crippen LogP contribution is -2.43. The average Bonchev–Trinajstić information content (AvgIpc) is 2.78. The van der Waals surface area contributed by atoms with E-state index in [0.29, 0.717) is 18.0 Å². The molecular formula is C29H36ClNO3. The lowest BCUT2D eigenvalue weighted by molar-refractivity contribution is 0.0695. The van der Waals surface area contributed by atoms with E-state index in [-0.39, 0.29) is 17.9 Å². The van der Waals surface area contributed by atoms with Crippen LogP contribution < -0.4 is 5.32 Å². The average molecular weight is 482 g/mol. The number of nitrogens with one attached hydrogen (secondary N) is 1. The van der Waals surface area contributed by atoms with Gasteiger partial charge in [0.1, 0.15) is 0 Å². The molecule has 0 fully saturated rings. The summed E-state index contributed by atoms with van der Waals surface area (Å²) in [5.41, 5.74) is 5.31. The number of hydrogen-bond acceptors (Lipinski definition) is 3. The van der Waals surface area contributed by atoms with Gasteiger partial charge in [-0.3, -0.25) is 0 Å². The van der Waals surface area contributed by atoms with Gasteiger partial charge in [-0.2, -0.15) is 0 Å². The number of halogens is 1. The SMILES string of the molecule is CC(C)Cc1cc(-c2ccc(CC(C)(C)NC[C@@H](O)c3ccccc3)cc2)ccc1C(=O)O.Cl. The second-order valence-corrected chi connectivity index (χ2v) is 9.84. The number of aliphatic hydroxyl groups is 1. The van der Waals surface area contributed by atoms with E-state index < -0.39 is 12.1 Å². The Balaban J connectivity index is 0.00000408. The summed E-state index contributed by atoms with van der Waals surface area (Å²) in [6, 6.07) is 23.8. The van der Waals surface area contributed by atoms with Crippen LogP contribution in [0.4, 0.5) is 0 Å². The molecule has 0 saturated carbocycles. The third kappa shape index (κ3) is 7.69. The Labute approximate surface area is 209 Å². The smallest absolute Gasteiger partial charge is 0.335 e. The number of β-amino-alcohol motifs (C(OH)–C–C–N with tert-alkyl or cyclic N) is 1. The summed E-state index contributed by atoms with van der Waals surface area (Å²) in [6.07, 6.45) is 1.02. The Morgan fingerprint density at radius 3 is 2.15 bits per heavy atom. The van der Waals surface area contributed by atoms with E-state index in [0.717, 1.165) is 35.1 Å². The molecule has 182 valence electrons. The molecule has 4 nitrogen and oxygen atoms in total. The molecular weight excluding hydrogens is 446 g/mol. The van der Waals surface area contributed by atoms with Gasteiger partial charge < -0.3 is 15.5 Å². The van der Waals surface area contributed by atoms with Crippen molar-refractivity contribution in [3.05, 3.63) is 95.1 Å². The quantitative estimate of drug-likeness (QED) is 0.317. The summed E-state index contributed by atoms with van der Waals surface area (Å²) in [4.78, 5) is 11.6. The van der Waals surface area contributed by atoms with E-state index in [1.807, 2.05) is 42.5 Å². The van der Waals surface area contributed by atoms with Crippen LogP contribution in [-0.4, -0.2) is 28.3 Å². The Morgan fingerprint density at radius 1 is 0.941 bits per heavy atom. The maximum Gasteiger partial charge on any atom is 0.335 e. The number of carboxylic acid groups (broad SMARTS) is 1. The zero-order valence-corrected chi connectivity index (χ0v) is 21.2. The highest BCUT2D eigenvalue weighted by atomic mass is 35.5. The van der Waals surface area contributed by atoms with Gasteiger partial charge in [0, 0.05) is 12.1 Å². The topological polar surface area (TPSA) is 69.6 Å². The Morgan fingerprint density at radius 2 is 1.56 bits per heavy atom. The van der Waals surface area contributed by atoms with E-state index in [9.17, 15) is 15.0 Å². The van der Waals surface area contributed by atoms with Gasteiger partial charge in [0.25, 0.3) is 0 Å². The van der Waals surface area contributed by atoms with Crippen LogP contribution >= 0.6 is 12.4 Å². The molecule has 0 bridgehead atoms. The molecule has 3 aromatic carbocycles. The molecule has 0 amide bonds. The number of aromatic carboxylic acids is 1. The van der Waals surface area contributed by atoms with E-state index in [1.165, 1.54) is 5.56 Å². The fourth-order valence-electron chi connectivity index (χ4n) is 4.14. The van der Waals surface area contributed by atoms with Gasteiger partial charge in [0.15, 0.2) is 0 Å². The first kappa shape index (κ1) is 27.6. The maximum atomic E-state index is 11.6. The monoisotopic (exact) mass is 481 g/mol. The molecule has 0 aliphatic heterocycles. The first-order valence-corrected chi connectivity index (χ1v) is 11.6. The number of aliphatic hydroxyl groups excluding tert-OH is 1. The van der Waals surface area contributed by atoms with Crippen molar-refractivity contribution in [3.63, 3.8) is 0 Å². The van der Waals surface area contributed by atoms with Gasteiger partial charge in [-0.1, -0.05) is 80.6 Å². The Hall–Kier alpha value is -2.66. The third-order valence-electron chi connectivity index (χ3n) is 5.86. The minimum Gasteiger partial charge on any atom is -0.478 e. The highest BCUT2D eigenvalue weighted by Crippen LogP contribution is 2.26. The van der Waals surface area contributed by atoms with Crippen LogP contribution in [0.25, 0.3) is 11.1 Å². The zero-order chi connectivity index (χ0) is 24.0. The van der Waals surface area contributed by atoms with Crippen molar-refractivity contribution in [1.29, 1.82) is 0 Å². The van der Waals surface area contributed by atoms with Crippen molar-refractivity contribution < 1.29 is 15.0 Å². The van der Waals surface area contributed by atoms with Crippen LogP contribution in [-0.2, 0) is 12.8 Å². The third-order valence-corrected chi connectivity index (χ3v) is 5.86. The highest BCUT2D eigenvalue weighted by Gasteiger charge is 2.20. The molecule has 34 heavy (non-hydrogen) atoms. The number of carbonyl (C=O) groups is 1. The highest BCUT2D eigenvalue weighted by molar-refractivity contribution is 5.90. The predicted molar refractivity (Wildman–Crippen MR) is 142 cm³/mol. The van der Waals surface area contributed by atoms with Crippen molar-refractivity contribution in [1.82, 2.24) is 5.32 Å². The van der Waals surface area contributed by atoms with Gasteiger partial charge in [-0.25, -0.2) is 4.79 Å². The molecule has 0 aliphatic rings. The molecule has 5 heteroatoms. The fourth-order valence-corrected chi connectivity index (χ4v) is 4.14. The lowest BCUT2D eigenvalue weighted by atomic mass is 9.91. The van der Waals surface area contributed by atoms with Crippen molar-refractivity contribution in [2.45, 2.75) is 52.2 Å². The zero-order valence-electron chi connectivity index (χ0n) is 20.4.